The Bertz CT molecular complexity index is 619. The average molecular weight is 267 g/mol. The third kappa shape index (κ3) is 3.56. The normalized spacial score (nSPS) is 12.1. The molecule has 6 heteroatoms. The van der Waals surface area contributed by atoms with Crippen LogP contribution in [0.25, 0.3) is 10.9 Å². The number of sulfonamides is 1. The Morgan fingerprint density at radius 2 is 2.06 bits per heavy atom. The molecule has 0 aliphatic rings. The molecule has 0 saturated heterocycles. The molecule has 0 bridgehead atoms. The molecule has 2 aromatic rings. The highest BCUT2D eigenvalue weighted by Crippen LogP contribution is 2.17. The Morgan fingerprint density at radius 3 is 2.83 bits per heavy atom. The van der Waals surface area contributed by atoms with Gasteiger partial charge >= 0.3 is 0 Å². The third-order valence-electron chi connectivity index (χ3n) is 2.77. The van der Waals surface area contributed by atoms with Gasteiger partial charge in [-0.1, -0.05) is 18.2 Å². The fourth-order valence-corrected chi connectivity index (χ4v) is 2.45. The molecule has 1 aromatic carbocycles. The monoisotopic (exact) mass is 267 g/mol. The zero-order chi connectivity index (χ0) is 13.0. The highest BCUT2D eigenvalue weighted by atomic mass is 32.2. The molecule has 18 heavy (non-hydrogen) atoms. The summed E-state index contributed by atoms with van der Waals surface area (Å²) in [7, 11) is -3.34. The molecule has 0 spiro atoms. The number of nitrogens with one attached hydrogen (secondary N) is 2. The molecule has 98 valence electrons. The van der Waals surface area contributed by atoms with Gasteiger partial charge in [0.25, 0.3) is 0 Å². The Labute approximate surface area is 106 Å². The molecule has 0 aliphatic heterocycles. The van der Waals surface area contributed by atoms with Crippen LogP contribution in [-0.4, -0.2) is 25.7 Å². The number of nitrogens with two attached hydrogens (primary N) is 1. The van der Waals surface area contributed by atoms with E-state index in [4.69, 9.17) is 5.14 Å². The molecular weight excluding hydrogens is 250 g/mol. The zero-order valence-corrected chi connectivity index (χ0v) is 10.8. The summed E-state index contributed by atoms with van der Waals surface area (Å²) in [4.78, 5) is 3.20. The van der Waals surface area contributed by atoms with Crippen molar-refractivity contribution < 1.29 is 8.42 Å². The van der Waals surface area contributed by atoms with Crippen LogP contribution in [-0.2, 0) is 16.6 Å². The summed E-state index contributed by atoms with van der Waals surface area (Å²) in [6, 6.07) is 8.08. The van der Waals surface area contributed by atoms with Gasteiger partial charge in [0.1, 0.15) is 0 Å². The van der Waals surface area contributed by atoms with Crippen molar-refractivity contribution >= 4 is 20.9 Å². The van der Waals surface area contributed by atoms with E-state index in [1.807, 2.05) is 24.4 Å². The number of para-hydroxylation sites is 1. The summed E-state index contributed by atoms with van der Waals surface area (Å²) in [6.45, 7) is 1.35. The van der Waals surface area contributed by atoms with Crippen LogP contribution in [0, 0.1) is 0 Å². The van der Waals surface area contributed by atoms with Crippen molar-refractivity contribution in [1.29, 1.82) is 0 Å². The summed E-state index contributed by atoms with van der Waals surface area (Å²) < 4.78 is 21.5. The molecule has 0 amide bonds. The summed E-state index contributed by atoms with van der Waals surface area (Å²) in [5.41, 5.74) is 2.29. The summed E-state index contributed by atoms with van der Waals surface area (Å²) in [5, 5.41) is 9.33. The fourth-order valence-electron chi connectivity index (χ4n) is 1.90. The summed E-state index contributed by atoms with van der Waals surface area (Å²) in [6.07, 6.45) is 2.50. The molecule has 1 aromatic heterocycles. The Morgan fingerprint density at radius 1 is 1.28 bits per heavy atom. The highest BCUT2D eigenvalue weighted by Gasteiger charge is 2.03. The molecule has 5 nitrogen and oxygen atoms in total. The summed E-state index contributed by atoms with van der Waals surface area (Å²) in [5.74, 6) is 0.0217. The van der Waals surface area contributed by atoms with Crippen LogP contribution in [0.1, 0.15) is 12.0 Å². The standard InChI is InChI=1S/C12H17N3O2S/c13-18(16,17)7-3-6-14-8-10-9-15-12-5-2-1-4-11(10)12/h1-2,4-5,9,14-15H,3,6-8H2,(H2,13,16,17). The first kappa shape index (κ1) is 13.1. The molecule has 0 unspecified atom stereocenters. The maximum atomic E-state index is 10.7. The number of aromatic amines is 1. The van der Waals surface area contributed by atoms with Crippen LogP contribution < -0.4 is 10.5 Å². The molecule has 0 radical (unpaired) electrons. The predicted octanol–water partition coefficient (Wildman–Crippen LogP) is 0.936. The van der Waals surface area contributed by atoms with E-state index in [1.165, 1.54) is 10.9 Å². The minimum atomic E-state index is -3.34. The lowest BCUT2D eigenvalue weighted by molar-refractivity contribution is 0.590. The number of hydrogen-bond acceptors (Lipinski definition) is 3. The number of primary sulfonamides is 1. The first-order valence-corrected chi connectivity index (χ1v) is 7.54. The van der Waals surface area contributed by atoms with Gasteiger partial charge in [-0.3, -0.25) is 0 Å². The van der Waals surface area contributed by atoms with E-state index in [2.05, 4.69) is 16.4 Å². The van der Waals surface area contributed by atoms with Crippen molar-refractivity contribution in [2.75, 3.05) is 12.3 Å². The van der Waals surface area contributed by atoms with E-state index < -0.39 is 10.0 Å². The van der Waals surface area contributed by atoms with Crippen molar-refractivity contribution in [3.8, 4) is 0 Å². The average Bonchev–Trinajstić information content (AvgIpc) is 2.71. The van der Waals surface area contributed by atoms with Gasteiger partial charge in [-0.05, 0) is 24.6 Å². The molecule has 0 atom stereocenters. The molecule has 1 heterocycles. The molecule has 0 fully saturated rings. The Hall–Kier alpha value is -1.37. The van der Waals surface area contributed by atoms with Gasteiger partial charge in [0, 0.05) is 23.6 Å². The smallest absolute Gasteiger partial charge is 0.209 e. The number of hydrogen-bond donors (Lipinski definition) is 3. The maximum absolute atomic E-state index is 10.7. The molecular formula is C12H17N3O2S. The van der Waals surface area contributed by atoms with Crippen LogP contribution in [0.4, 0.5) is 0 Å². The topological polar surface area (TPSA) is 88.0 Å². The van der Waals surface area contributed by atoms with Crippen molar-refractivity contribution in [3.05, 3.63) is 36.0 Å². The third-order valence-corrected chi connectivity index (χ3v) is 3.63. The number of aromatic nitrogens is 1. The number of rotatable bonds is 6. The van der Waals surface area contributed by atoms with E-state index in [-0.39, 0.29) is 5.75 Å². The predicted molar refractivity (Wildman–Crippen MR) is 72.6 cm³/mol. The van der Waals surface area contributed by atoms with Gasteiger partial charge in [-0.15, -0.1) is 0 Å². The van der Waals surface area contributed by atoms with Crippen LogP contribution in [0.15, 0.2) is 30.5 Å². The number of fused-ring (bicyclic) bond motifs is 1. The van der Waals surface area contributed by atoms with Crippen LogP contribution in [0.3, 0.4) is 0 Å². The molecule has 0 aliphatic carbocycles. The largest absolute Gasteiger partial charge is 0.361 e. The lowest BCUT2D eigenvalue weighted by Crippen LogP contribution is -2.21. The van der Waals surface area contributed by atoms with Crippen molar-refractivity contribution in [1.82, 2.24) is 10.3 Å². The van der Waals surface area contributed by atoms with E-state index in [0.717, 1.165) is 5.52 Å². The summed E-state index contributed by atoms with van der Waals surface area (Å²) >= 11 is 0. The number of H-pyrrole nitrogens is 1. The van der Waals surface area contributed by atoms with Gasteiger partial charge < -0.3 is 10.3 Å². The minimum absolute atomic E-state index is 0.0217. The van der Waals surface area contributed by atoms with Gasteiger partial charge in [0.2, 0.25) is 10.0 Å². The van der Waals surface area contributed by atoms with Crippen LogP contribution in [0.2, 0.25) is 0 Å². The molecule has 2 rings (SSSR count). The maximum Gasteiger partial charge on any atom is 0.209 e. The van der Waals surface area contributed by atoms with Crippen molar-refractivity contribution in [2.45, 2.75) is 13.0 Å². The zero-order valence-electron chi connectivity index (χ0n) is 10.0. The molecule has 0 saturated carbocycles. The van der Waals surface area contributed by atoms with E-state index in [9.17, 15) is 8.42 Å². The first-order valence-electron chi connectivity index (χ1n) is 5.82. The van der Waals surface area contributed by atoms with Crippen molar-refractivity contribution in [3.63, 3.8) is 0 Å². The highest BCUT2D eigenvalue weighted by molar-refractivity contribution is 7.89. The van der Waals surface area contributed by atoms with Gasteiger partial charge in [0.15, 0.2) is 0 Å². The Kier molecular flexibility index (Phi) is 4.00. The quantitative estimate of drug-likeness (QED) is 0.680. The SMILES string of the molecule is NS(=O)(=O)CCCNCc1c[nH]c2ccccc12. The second kappa shape index (κ2) is 5.51. The lowest BCUT2D eigenvalue weighted by Gasteiger charge is -2.03. The second-order valence-electron chi connectivity index (χ2n) is 4.26. The minimum Gasteiger partial charge on any atom is -0.361 e. The lowest BCUT2D eigenvalue weighted by atomic mass is 10.2. The van der Waals surface area contributed by atoms with Crippen LogP contribution >= 0.6 is 0 Å². The fraction of sp³-hybridized carbons (Fsp3) is 0.333. The second-order valence-corrected chi connectivity index (χ2v) is 5.99. The van der Waals surface area contributed by atoms with Gasteiger partial charge in [-0.25, -0.2) is 13.6 Å². The Balaban J connectivity index is 1.84. The number of benzene rings is 1. The van der Waals surface area contributed by atoms with E-state index in [0.29, 0.717) is 19.5 Å². The van der Waals surface area contributed by atoms with E-state index in [1.54, 1.807) is 0 Å². The molecule has 4 N–H and O–H groups in total. The van der Waals surface area contributed by atoms with Gasteiger partial charge in [0.05, 0.1) is 5.75 Å². The van der Waals surface area contributed by atoms with Gasteiger partial charge in [-0.2, -0.15) is 0 Å². The first-order chi connectivity index (χ1) is 8.56. The van der Waals surface area contributed by atoms with E-state index >= 15 is 0 Å². The van der Waals surface area contributed by atoms with Crippen LogP contribution in [0.5, 0.6) is 0 Å². The van der Waals surface area contributed by atoms with Crippen molar-refractivity contribution in [2.24, 2.45) is 5.14 Å².